The van der Waals surface area contributed by atoms with Gasteiger partial charge in [0.25, 0.3) is 0 Å². The molecule has 0 saturated heterocycles. The SMILES string of the molecule is N#Cc1ccnc(-n2cc(Cl)cn2)c1N. The molecule has 0 unspecified atom stereocenters. The van der Waals surface area contributed by atoms with E-state index in [9.17, 15) is 0 Å². The standard InChI is InChI=1S/C9H6ClN5/c10-7-4-14-15(5-7)9-8(12)6(3-11)1-2-13-9/h1-2,4-5H,12H2. The Morgan fingerprint density at radius 1 is 1.53 bits per heavy atom. The van der Waals surface area contributed by atoms with E-state index in [2.05, 4.69) is 10.1 Å². The largest absolute Gasteiger partial charge is 0.395 e. The minimum atomic E-state index is 0.291. The Balaban J connectivity index is 2.59. The van der Waals surface area contributed by atoms with Gasteiger partial charge in [-0.1, -0.05) is 11.6 Å². The molecular weight excluding hydrogens is 214 g/mol. The normalized spacial score (nSPS) is 9.87. The molecule has 0 atom stereocenters. The topological polar surface area (TPSA) is 80.5 Å². The van der Waals surface area contributed by atoms with Crippen LogP contribution in [0, 0.1) is 11.3 Å². The molecule has 74 valence electrons. The monoisotopic (exact) mass is 219 g/mol. The van der Waals surface area contributed by atoms with Gasteiger partial charge in [0.2, 0.25) is 0 Å². The minimum absolute atomic E-state index is 0.291. The van der Waals surface area contributed by atoms with Crippen LogP contribution in [0.15, 0.2) is 24.7 Å². The third-order valence-electron chi connectivity index (χ3n) is 1.86. The van der Waals surface area contributed by atoms with E-state index in [0.29, 0.717) is 22.1 Å². The molecule has 0 amide bonds. The highest BCUT2D eigenvalue weighted by atomic mass is 35.5. The summed E-state index contributed by atoms with van der Waals surface area (Å²) >= 11 is 5.72. The molecule has 0 bridgehead atoms. The van der Waals surface area contributed by atoms with Gasteiger partial charge in [-0.05, 0) is 6.07 Å². The molecule has 15 heavy (non-hydrogen) atoms. The van der Waals surface area contributed by atoms with Crippen molar-refractivity contribution < 1.29 is 0 Å². The predicted molar refractivity (Wildman–Crippen MR) is 55.5 cm³/mol. The van der Waals surface area contributed by atoms with Crippen LogP contribution in [0.5, 0.6) is 0 Å². The number of nitrogens with zero attached hydrogens (tertiary/aromatic N) is 4. The van der Waals surface area contributed by atoms with Gasteiger partial charge in [0.05, 0.1) is 28.7 Å². The molecule has 0 aliphatic rings. The molecule has 0 aromatic carbocycles. The maximum absolute atomic E-state index is 8.78. The zero-order valence-corrected chi connectivity index (χ0v) is 8.31. The highest BCUT2D eigenvalue weighted by molar-refractivity contribution is 6.30. The molecule has 6 heteroatoms. The molecule has 0 aliphatic heterocycles. The van der Waals surface area contributed by atoms with Crippen molar-refractivity contribution in [3.8, 4) is 11.9 Å². The van der Waals surface area contributed by atoms with Crippen molar-refractivity contribution in [3.63, 3.8) is 0 Å². The van der Waals surface area contributed by atoms with E-state index in [1.54, 1.807) is 12.3 Å². The van der Waals surface area contributed by atoms with Crippen molar-refractivity contribution in [1.82, 2.24) is 14.8 Å². The van der Waals surface area contributed by atoms with Crippen LogP contribution < -0.4 is 5.73 Å². The van der Waals surface area contributed by atoms with Gasteiger partial charge in [0.15, 0.2) is 5.82 Å². The van der Waals surface area contributed by atoms with Gasteiger partial charge in [0, 0.05) is 6.20 Å². The van der Waals surface area contributed by atoms with Crippen LogP contribution in [0.25, 0.3) is 5.82 Å². The second-order valence-electron chi connectivity index (χ2n) is 2.81. The molecule has 2 heterocycles. The molecular formula is C9H6ClN5. The molecule has 0 radical (unpaired) electrons. The van der Waals surface area contributed by atoms with Crippen LogP contribution in [-0.4, -0.2) is 14.8 Å². The Bertz CT molecular complexity index is 540. The lowest BCUT2D eigenvalue weighted by Gasteiger charge is -2.04. The van der Waals surface area contributed by atoms with Gasteiger partial charge < -0.3 is 5.73 Å². The van der Waals surface area contributed by atoms with E-state index in [0.717, 1.165) is 0 Å². The van der Waals surface area contributed by atoms with Gasteiger partial charge in [-0.15, -0.1) is 0 Å². The van der Waals surface area contributed by atoms with E-state index < -0.39 is 0 Å². The molecule has 2 N–H and O–H groups in total. The lowest BCUT2D eigenvalue weighted by atomic mass is 10.2. The average molecular weight is 220 g/mol. The van der Waals surface area contributed by atoms with E-state index in [-0.39, 0.29) is 0 Å². The first-order valence-electron chi connectivity index (χ1n) is 4.07. The summed E-state index contributed by atoms with van der Waals surface area (Å²) in [5, 5.41) is 13.2. The van der Waals surface area contributed by atoms with Gasteiger partial charge >= 0.3 is 0 Å². The Morgan fingerprint density at radius 3 is 2.93 bits per heavy atom. The molecule has 5 nitrogen and oxygen atoms in total. The highest BCUT2D eigenvalue weighted by Crippen LogP contribution is 2.18. The maximum atomic E-state index is 8.78. The summed E-state index contributed by atoms with van der Waals surface area (Å²) in [5.74, 6) is 0.404. The van der Waals surface area contributed by atoms with Crippen molar-refractivity contribution in [2.24, 2.45) is 0 Å². The summed E-state index contributed by atoms with van der Waals surface area (Å²) in [4.78, 5) is 4.04. The molecule has 2 aromatic heterocycles. The summed E-state index contributed by atoms with van der Waals surface area (Å²) in [6, 6.07) is 3.52. The molecule has 0 saturated carbocycles. The van der Waals surface area contributed by atoms with E-state index in [1.807, 2.05) is 6.07 Å². The second kappa shape index (κ2) is 3.59. The predicted octanol–water partition coefficient (Wildman–Crippen LogP) is 1.37. The van der Waals surface area contributed by atoms with Crippen LogP contribution in [0.3, 0.4) is 0 Å². The van der Waals surface area contributed by atoms with Gasteiger partial charge in [0.1, 0.15) is 6.07 Å². The fourth-order valence-electron chi connectivity index (χ4n) is 1.16. The molecule has 2 aromatic rings. The van der Waals surface area contributed by atoms with Gasteiger partial charge in [-0.2, -0.15) is 10.4 Å². The number of nitrogens with two attached hydrogens (primary N) is 1. The Hall–Kier alpha value is -2.06. The number of halogens is 1. The zero-order chi connectivity index (χ0) is 10.8. The number of anilines is 1. The minimum Gasteiger partial charge on any atom is -0.395 e. The van der Waals surface area contributed by atoms with E-state index >= 15 is 0 Å². The first kappa shape index (κ1) is 9.49. The number of nitrogen functional groups attached to an aromatic ring is 1. The number of rotatable bonds is 1. The average Bonchev–Trinajstić information content (AvgIpc) is 2.65. The first-order valence-corrected chi connectivity index (χ1v) is 4.45. The quantitative estimate of drug-likeness (QED) is 0.786. The van der Waals surface area contributed by atoms with Gasteiger partial charge in [-0.25, -0.2) is 9.67 Å². The summed E-state index contributed by atoms with van der Waals surface area (Å²) in [6.07, 6.45) is 4.54. The van der Waals surface area contributed by atoms with Gasteiger partial charge in [-0.3, -0.25) is 0 Å². The number of hydrogen-bond donors (Lipinski definition) is 1. The van der Waals surface area contributed by atoms with E-state index in [4.69, 9.17) is 22.6 Å². The number of pyridine rings is 1. The summed E-state index contributed by atoms with van der Waals surface area (Å²) in [5.41, 5.74) is 6.40. The van der Waals surface area contributed by atoms with Crippen molar-refractivity contribution in [2.75, 3.05) is 5.73 Å². The van der Waals surface area contributed by atoms with E-state index in [1.165, 1.54) is 17.1 Å². The zero-order valence-electron chi connectivity index (χ0n) is 7.55. The first-order chi connectivity index (χ1) is 7.22. The Morgan fingerprint density at radius 2 is 2.33 bits per heavy atom. The summed E-state index contributed by atoms with van der Waals surface area (Å²) < 4.78 is 1.43. The lowest BCUT2D eigenvalue weighted by molar-refractivity contribution is 0.849. The lowest BCUT2D eigenvalue weighted by Crippen LogP contribution is -2.04. The van der Waals surface area contributed by atoms with Crippen LogP contribution in [0.2, 0.25) is 5.02 Å². The number of aromatic nitrogens is 3. The third-order valence-corrected chi connectivity index (χ3v) is 2.05. The van der Waals surface area contributed by atoms with Crippen molar-refractivity contribution in [3.05, 3.63) is 35.2 Å². The highest BCUT2D eigenvalue weighted by Gasteiger charge is 2.08. The summed E-state index contributed by atoms with van der Waals surface area (Å²) in [6.45, 7) is 0. The Kier molecular flexibility index (Phi) is 2.27. The molecule has 0 spiro atoms. The van der Waals surface area contributed by atoms with Crippen LogP contribution in [0.1, 0.15) is 5.56 Å². The Labute approximate surface area is 90.7 Å². The maximum Gasteiger partial charge on any atom is 0.177 e. The van der Waals surface area contributed by atoms with Crippen molar-refractivity contribution in [1.29, 1.82) is 5.26 Å². The fraction of sp³-hybridized carbons (Fsp3) is 0. The molecule has 0 aliphatic carbocycles. The number of nitriles is 1. The fourth-order valence-corrected chi connectivity index (χ4v) is 1.29. The molecule has 2 rings (SSSR count). The molecule has 0 fully saturated rings. The second-order valence-corrected chi connectivity index (χ2v) is 3.25. The van der Waals surface area contributed by atoms with Crippen molar-refractivity contribution >= 4 is 17.3 Å². The van der Waals surface area contributed by atoms with Crippen LogP contribution in [-0.2, 0) is 0 Å². The third kappa shape index (κ3) is 1.63. The van der Waals surface area contributed by atoms with Crippen LogP contribution >= 0.6 is 11.6 Å². The summed E-state index contributed by atoms with van der Waals surface area (Å²) in [7, 11) is 0. The smallest absolute Gasteiger partial charge is 0.177 e. The van der Waals surface area contributed by atoms with Crippen molar-refractivity contribution in [2.45, 2.75) is 0 Å². The van der Waals surface area contributed by atoms with Crippen LogP contribution in [0.4, 0.5) is 5.69 Å². The number of hydrogen-bond acceptors (Lipinski definition) is 4.